The van der Waals surface area contributed by atoms with Crippen molar-refractivity contribution >= 4 is 5.91 Å². The summed E-state index contributed by atoms with van der Waals surface area (Å²) in [5.41, 5.74) is 2.04. The minimum atomic E-state index is -0.731. The van der Waals surface area contributed by atoms with Gasteiger partial charge in [0.05, 0.1) is 5.69 Å². The number of carbonyl (C=O) groups excluding carboxylic acids is 1. The van der Waals surface area contributed by atoms with Gasteiger partial charge in [0.15, 0.2) is 11.5 Å². The average molecular weight is 391 g/mol. The summed E-state index contributed by atoms with van der Waals surface area (Å²) in [4.78, 5) is 26.9. The Bertz CT molecular complexity index is 1090. The summed E-state index contributed by atoms with van der Waals surface area (Å²) in [6.07, 6.45) is 0. The first kappa shape index (κ1) is 18.7. The van der Waals surface area contributed by atoms with Crippen LogP contribution in [0.15, 0.2) is 65.5 Å². The van der Waals surface area contributed by atoms with E-state index >= 15 is 0 Å². The number of aromatic nitrogens is 2. The van der Waals surface area contributed by atoms with E-state index < -0.39 is 6.04 Å². The van der Waals surface area contributed by atoms with Crippen molar-refractivity contribution < 1.29 is 14.3 Å². The van der Waals surface area contributed by atoms with Crippen LogP contribution in [0.3, 0.4) is 0 Å². The number of hydrogen-bond donors (Lipinski definition) is 0. The number of fused-ring (bicyclic) bond motifs is 1. The quantitative estimate of drug-likeness (QED) is 0.669. The van der Waals surface area contributed by atoms with Crippen molar-refractivity contribution in [1.29, 1.82) is 0 Å². The lowest BCUT2D eigenvalue weighted by molar-refractivity contribution is -0.133. The first-order valence-corrected chi connectivity index (χ1v) is 9.32. The summed E-state index contributed by atoms with van der Waals surface area (Å²) in [7, 11) is 1.72. The SMILES string of the molecule is CC(C(=O)N(C)Cc1ccccc1)n1nc(-c2ccc3c(c2)OCO3)ccc1=O. The molecule has 1 atom stereocenters. The maximum atomic E-state index is 12.9. The predicted molar refractivity (Wildman–Crippen MR) is 108 cm³/mol. The van der Waals surface area contributed by atoms with Crippen molar-refractivity contribution in [3.63, 3.8) is 0 Å². The molecule has 2 aromatic carbocycles. The number of hydrogen-bond acceptors (Lipinski definition) is 5. The molecule has 1 amide bonds. The maximum absolute atomic E-state index is 12.9. The molecule has 4 rings (SSSR count). The highest BCUT2D eigenvalue weighted by Gasteiger charge is 2.22. The van der Waals surface area contributed by atoms with E-state index in [2.05, 4.69) is 5.10 Å². The van der Waals surface area contributed by atoms with E-state index in [1.807, 2.05) is 42.5 Å². The fraction of sp³-hybridized carbons (Fsp3) is 0.227. The number of ether oxygens (including phenoxy) is 2. The lowest BCUT2D eigenvalue weighted by Gasteiger charge is -2.22. The van der Waals surface area contributed by atoms with Gasteiger partial charge in [-0.2, -0.15) is 5.10 Å². The molecule has 0 saturated carbocycles. The maximum Gasteiger partial charge on any atom is 0.267 e. The molecule has 1 unspecified atom stereocenters. The van der Waals surface area contributed by atoms with Gasteiger partial charge in [-0.05, 0) is 36.8 Å². The number of nitrogens with zero attached hydrogens (tertiary/aromatic N) is 3. The van der Waals surface area contributed by atoms with Crippen LogP contribution in [0.25, 0.3) is 11.3 Å². The molecule has 0 bridgehead atoms. The van der Waals surface area contributed by atoms with Gasteiger partial charge in [-0.15, -0.1) is 0 Å². The summed E-state index contributed by atoms with van der Waals surface area (Å²) in [5.74, 6) is 1.12. The second-order valence-corrected chi connectivity index (χ2v) is 6.93. The van der Waals surface area contributed by atoms with E-state index in [-0.39, 0.29) is 18.3 Å². The topological polar surface area (TPSA) is 73.7 Å². The van der Waals surface area contributed by atoms with E-state index in [1.165, 1.54) is 10.7 Å². The molecule has 0 fully saturated rings. The molecule has 7 heteroatoms. The Morgan fingerprint density at radius 1 is 1.10 bits per heavy atom. The van der Waals surface area contributed by atoms with Crippen LogP contribution in [0.2, 0.25) is 0 Å². The van der Waals surface area contributed by atoms with E-state index in [4.69, 9.17) is 9.47 Å². The fourth-order valence-corrected chi connectivity index (χ4v) is 3.27. The molecule has 1 aliphatic rings. The van der Waals surface area contributed by atoms with Gasteiger partial charge in [-0.25, -0.2) is 4.68 Å². The largest absolute Gasteiger partial charge is 0.454 e. The molecule has 7 nitrogen and oxygen atoms in total. The smallest absolute Gasteiger partial charge is 0.267 e. The van der Waals surface area contributed by atoms with Crippen molar-refractivity contribution in [1.82, 2.24) is 14.7 Å². The van der Waals surface area contributed by atoms with E-state index in [1.54, 1.807) is 31.0 Å². The van der Waals surface area contributed by atoms with E-state index in [0.29, 0.717) is 23.7 Å². The first-order chi connectivity index (χ1) is 14.0. The molecular formula is C22H21N3O4. The van der Waals surface area contributed by atoms with Crippen LogP contribution < -0.4 is 15.0 Å². The van der Waals surface area contributed by atoms with Crippen LogP contribution in [0.1, 0.15) is 18.5 Å². The summed E-state index contributed by atoms with van der Waals surface area (Å²) in [6, 6.07) is 17.5. The van der Waals surface area contributed by atoms with Gasteiger partial charge in [0, 0.05) is 25.2 Å². The summed E-state index contributed by atoms with van der Waals surface area (Å²) in [6.45, 7) is 2.33. The molecule has 0 aliphatic carbocycles. The van der Waals surface area contributed by atoms with Gasteiger partial charge < -0.3 is 14.4 Å². The Kier molecular flexibility index (Phi) is 5.03. The molecule has 2 heterocycles. The second kappa shape index (κ2) is 7.79. The van der Waals surface area contributed by atoms with Crippen LogP contribution in [0.5, 0.6) is 11.5 Å². The number of rotatable bonds is 5. The molecule has 0 N–H and O–H groups in total. The normalized spacial score (nSPS) is 13.2. The van der Waals surface area contributed by atoms with Gasteiger partial charge in [-0.3, -0.25) is 9.59 Å². The Hall–Kier alpha value is -3.61. The molecular weight excluding hydrogens is 370 g/mol. The third-order valence-corrected chi connectivity index (χ3v) is 4.86. The van der Waals surface area contributed by atoms with Crippen molar-refractivity contribution in [2.75, 3.05) is 13.8 Å². The molecule has 29 heavy (non-hydrogen) atoms. The molecule has 0 saturated heterocycles. The van der Waals surface area contributed by atoms with Gasteiger partial charge >= 0.3 is 0 Å². The molecule has 0 spiro atoms. The Labute approximate surface area is 168 Å². The van der Waals surface area contributed by atoms with E-state index in [0.717, 1.165) is 11.1 Å². The standard InChI is InChI=1S/C22H21N3O4/c1-15(22(27)24(2)13-16-6-4-3-5-7-16)25-21(26)11-9-18(23-25)17-8-10-19-20(12-17)29-14-28-19/h3-12,15H,13-14H2,1-2H3. The zero-order valence-corrected chi connectivity index (χ0v) is 16.2. The Morgan fingerprint density at radius 2 is 1.86 bits per heavy atom. The van der Waals surface area contributed by atoms with Crippen LogP contribution in [-0.2, 0) is 11.3 Å². The van der Waals surface area contributed by atoms with Crippen LogP contribution in [-0.4, -0.2) is 34.4 Å². The molecule has 148 valence electrons. The van der Waals surface area contributed by atoms with Crippen LogP contribution >= 0.6 is 0 Å². The lowest BCUT2D eigenvalue weighted by Crippen LogP contribution is -2.37. The van der Waals surface area contributed by atoms with Gasteiger partial charge in [-0.1, -0.05) is 30.3 Å². The van der Waals surface area contributed by atoms with E-state index in [9.17, 15) is 9.59 Å². The number of carbonyl (C=O) groups is 1. The minimum Gasteiger partial charge on any atom is -0.454 e. The molecule has 1 aromatic heterocycles. The Morgan fingerprint density at radius 3 is 2.66 bits per heavy atom. The number of likely N-dealkylation sites (N-methyl/N-ethyl adjacent to an activating group) is 1. The summed E-state index contributed by atoms with van der Waals surface area (Å²) >= 11 is 0. The van der Waals surface area contributed by atoms with Crippen molar-refractivity contribution in [2.45, 2.75) is 19.5 Å². The summed E-state index contributed by atoms with van der Waals surface area (Å²) in [5, 5.41) is 4.44. The van der Waals surface area contributed by atoms with Gasteiger partial charge in [0.25, 0.3) is 5.56 Å². The molecule has 1 aliphatic heterocycles. The van der Waals surface area contributed by atoms with Crippen LogP contribution in [0.4, 0.5) is 0 Å². The fourth-order valence-electron chi connectivity index (χ4n) is 3.27. The third-order valence-electron chi connectivity index (χ3n) is 4.86. The number of amides is 1. The predicted octanol–water partition coefficient (Wildman–Crippen LogP) is 2.86. The van der Waals surface area contributed by atoms with Crippen LogP contribution in [0, 0.1) is 0 Å². The lowest BCUT2D eigenvalue weighted by atomic mass is 10.1. The molecule has 3 aromatic rings. The Balaban J connectivity index is 1.58. The zero-order chi connectivity index (χ0) is 20.4. The monoisotopic (exact) mass is 391 g/mol. The summed E-state index contributed by atoms with van der Waals surface area (Å²) < 4.78 is 12.0. The minimum absolute atomic E-state index is 0.186. The van der Waals surface area contributed by atoms with Crippen molar-refractivity contribution in [2.24, 2.45) is 0 Å². The van der Waals surface area contributed by atoms with Gasteiger partial charge in [0.1, 0.15) is 6.04 Å². The average Bonchev–Trinajstić information content (AvgIpc) is 3.21. The molecule has 0 radical (unpaired) electrons. The number of benzene rings is 2. The third kappa shape index (κ3) is 3.85. The van der Waals surface area contributed by atoms with Crippen molar-refractivity contribution in [3.8, 4) is 22.8 Å². The van der Waals surface area contributed by atoms with Gasteiger partial charge in [0.2, 0.25) is 12.7 Å². The van der Waals surface area contributed by atoms with Crippen molar-refractivity contribution in [3.05, 3.63) is 76.6 Å². The highest BCUT2D eigenvalue weighted by molar-refractivity contribution is 5.79. The highest BCUT2D eigenvalue weighted by atomic mass is 16.7. The first-order valence-electron chi connectivity index (χ1n) is 9.32. The highest BCUT2D eigenvalue weighted by Crippen LogP contribution is 2.35. The second-order valence-electron chi connectivity index (χ2n) is 6.93. The zero-order valence-electron chi connectivity index (χ0n) is 16.2.